The molecule has 2 N–H and O–H groups in total. The first kappa shape index (κ1) is 14.4. The summed E-state index contributed by atoms with van der Waals surface area (Å²) in [5.74, 6) is 0.763. The summed E-state index contributed by atoms with van der Waals surface area (Å²) in [6.07, 6.45) is 3.73. The van der Waals surface area contributed by atoms with Gasteiger partial charge in [-0.2, -0.15) is 0 Å². The molecule has 21 heavy (non-hydrogen) atoms. The minimum Gasteiger partial charge on any atom is -0.323 e. The molecule has 1 unspecified atom stereocenters. The monoisotopic (exact) mass is 314 g/mol. The molecule has 2 nitrogen and oxygen atoms in total. The lowest BCUT2D eigenvalue weighted by Gasteiger charge is -2.14. The summed E-state index contributed by atoms with van der Waals surface area (Å²) in [6.45, 7) is 0. The van der Waals surface area contributed by atoms with Crippen molar-refractivity contribution in [2.45, 2.75) is 10.9 Å². The van der Waals surface area contributed by atoms with Crippen molar-refractivity contribution in [1.29, 1.82) is 0 Å². The van der Waals surface area contributed by atoms with Crippen molar-refractivity contribution in [2.75, 3.05) is 5.75 Å². The van der Waals surface area contributed by atoms with Crippen molar-refractivity contribution in [3.63, 3.8) is 0 Å². The Hall–Kier alpha value is -1.55. The number of hydrogen-bond donors (Lipinski definition) is 1. The van der Waals surface area contributed by atoms with Crippen molar-refractivity contribution >= 4 is 34.1 Å². The highest BCUT2D eigenvalue weighted by atomic mass is 35.5. The molecule has 1 heterocycles. The topological polar surface area (TPSA) is 38.9 Å². The second kappa shape index (κ2) is 6.48. The summed E-state index contributed by atoms with van der Waals surface area (Å²) in [6, 6.07) is 15.9. The highest BCUT2D eigenvalue weighted by Gasteiger charge is 2.11. The molecule has 0 fully saturated rings. The van der Waals surface area contributed by atoms with Gasteiger partial charge in [-0.15, -0.1) is 11.8 Å². The van der Waals surface area contributed by atoms with E-state index in [1.54, 1.807) is 11.8 Å². The lowest BCUT2D eigenvalue weighted by Crippen LogP contribution is -2.13. The number of fused-ring (bicyclic) bond motifs is 1. The van der Waals surface area contributed by atoms with Gasteiger partial charge in [-0.05, 0) is 23.1 Å². The Morgan fingerprint density at radius 2 is 1.81 bits per heavy atom. The Labute approximate surface area is 133 Å². The molecule has 0 spiro atoms. The summed E-state index contributed by atoms with van der Waals surface area (Å²) in [7, 11) is 0. The molecule has 0 aliphatic rings. The van der Waals surface area contributed by atoms with E-state index in [-0.39, 0.29) is 6.04 Å². The van der Waals surface area contributed by atoms with E-state index in [4.69, 9.17) is 17.3 Å². The molecule has 0 saturated carbocycles. The number of benzene rings is 2. The number of hydrogen-bond acceptors (Lipinski definition) is 3. The Bertz CT molecular complexity index is 755. The molecule has 3 aromatic rings. The van der Waals surface area contributed by atoms with Crippen LogP contribution in [-0.4, -0.2) is 10.7 Å². The van der Waals surface area contributed by atoms with E-state index in [1.165, 1.54) is 5.39 Å². The van der Waals surface area contributed by atoms with Crippen LogP contribution in [0.25, 0.3) is 10.8 Å². The summed E-state index contributed by atoms with van der Waals surface area (Å²) in [4.78, 5) is 5.35. The summed E-state index contributed by atoms with van der Waals surface area (Å²) < 4.78 is 0. The lowest BCUT2D eigenvalue weighted by atomic mass is 10.0. The number of nitrogens with two attached hydrogens (primary N) is 1. The third-order valence-electron chi connectivity index (χ3n) is 3.35. The van der Waals surface area contributed by atoms with Gasteiger partial charge < -0.3 is 5.73 Å². The van der Waals surface area contributed by atoms with Gasteiger partial charge in [0.05, 0.1) is 5.02 Å². The lowest BCUT2D eigenvalue weighted by molar-refractivity contribution is 0.834. The molecule has 0 aliphatic carbocycles. The minimum absolute atomic E-state index is 0.0788. The van der Waals surface area contributed by atoms with E-state index in [9.17, 15) is 0 Å². The van der Waals surface area contributed by atoms with Crippen LogP contribution < -0.4 is 5.73 Å². The number of rotatable bonds is 4. The predicted molar refractivity (Wildman–Crippen MR) is 90.8 cm³/mol. The first-order chi connectivity index (χ1) is 10.3. The van der Waals surface area contributed by atoms with Crippen molar-refractivity contribution < 1.29 is 0 Å². The van der Waals surface area contributed by atoms with Gasteiger partial charge in [-0.3, -0.25) is 4.98 Å². The van der Waals surface area contributed by atoms with Gasteiger partial charge >= 0.3 is 0 Å². The Kier molecular flexibility index (Phi) is 4.44. The maximum atomic E-state index is 6.36. The zero-order valence-corrected chi connectivity index (χ0v) is 12.9. The molecule has 2 aromatic carbocycles. The highest BCUT2D eigenvalue weighted by molar-refractivity contribution is 7.99. The number of nitrogens with zero attached hydrogens (tertiary/aromatic N) is 1. The number of thioether (sulfide) groups is 1. The SMILES string of the molecule is NC(CSc1ccccc1Cl)c1cncc2ccccc12. The molecule has 4 heteroatoms. The van der Waals surface area contributed by atoms with Gasteiger partial charge in [0.15, 0.2) is 0 Å². The van der Waals surface area contributed by atoms with Gasteiger partial charge in [0, 0.05) is 34.5 Å². The van der Waals surface area contributed by atoms with Crippen LogP contribution in [0.5, 0.6) is 0 Å². The molecule has 0 aliphatic heterocycles. The van der Waals surface area contributed by atoms with E-state index < -0.39 is 0 Å². The normalized spacial score (nSPS) is 12.5. The van der Waals surface area contributed by atoms with Gasteiger partial charge in [-0.1, -0.05) is 48.0 Å². The average Bonchev–Trinajstić information content (AvgIpc) is 2.53. The largest absolute Gasteiger partial charge is 0.323 e. The van der Waals surface area contributed by atoms with Crippen LogP contribution in [0.3, 0.4) is 0 Å². The highest BCUT2D eigenvalue weighted by Crippen LogP contribution is 2.31. The standard InChI is InChI=1S/C17H15ClN2S/c18-15-7-3-4-8-17(15)21-11-16(19)14-10-20-9-12-5-1-2-6-13(12)14/h1-10,16H,11,19H2. The molecule has 0 radical (unpaired) electrons. The molecular formula is C17H15ClN2S. The second-order valence-corrected chi connectivity index (χ2v) is 6.27. The van der Waals surface area contributed by atoms with Crippen molar-refractivity contribution in [2.24, 2.45) is 5.73 Å². The number of halogens is 1. The predicted octanol–water partition coefficient (Wildman–Crippen LogP) is 4.68. The fourth-order valence-corrected chi connectivity index (χ4v) is 3.49. The van der Waals surface area contributed by atoms with Crippen LogP contribution in [0.4, 0.5) is 0 Å². The first-order valence-electron chi connectivity index (χ1n) is 6.71. The van der Waals surface area contributed by atoms with Crippen molar-refractivity contribution in [1.82, 2.24) is 4.98 Å². The van der Waals surface area contributed by atoms with Gasteiger partial charge in [0.25, 0.3) is 0 Å². The molecule has 0 amide bonds. The number of pyridine rings is 1. The zero-order chi connectivity index (χ0) is 14.7. The quantitative estimate of drug-likeness (QED) is 0.711. The molecule has 0 saturated heterocycles. The minimum atomic E-state index is -0.0788. The third-order valence-corrected chi connectivity index (χ3v) is 4.99. The second-order valence-electron chi connectivity index (χ2n) is 4.80. The summed E-state index contributed by atoms with van der Waals surface area (Å²) >= 11 is 7.85. The van der Waals surface area contributed by atoms with E-state index in [0.29, 0.717) is 0 Å². The van der Waals surface area contributed by atoms with Crippen molar-refractivity contribution in [3.8, 4) is 0 Å². The molecule has 0 bridgehead atoms. The summed E-state index contributed by atoms with van der Waals surface area (Å²) in [5, 5.41) is 3.05. The Balaban J connectivity index is 1.81. The van der Waals surface area contributed by atoms with E-state index in [0.717, 1.165) is 26.6 Å². The van der Waals surface area contributed by atoms with E-state index in [1.807, 2.05) is 48.8 Å². The third kappa shape index (κ3) is 3.21. The Morgan fingerprint density at radius 1 is 1.05 bits per heavy atom. The van der Waals surface area contributed by atoms with Crippen LogP contribution in [0.1, 0.15) is 11.6 Å². The Morgan fingerprint density at radius 3 is 2.67 bits per heavy atom. The van der Waals surface area contributed by atoms with Crippen molar-refractivity contribution in [3.05, 3.63) is 71.5 Å². The van der Waals surface area contributed by atoms with E-state index >= 15 is 0 Å². The van der Waals surface area contributed by atoms with Crippen LogP contribution in [-0.2, 0) is 0 Å². The van der Waals surface area contributed by atoms with Gasteiger partial charge in [0.2, 0.25) is 0 Å². The average molecular weight is 315 g/mol. The molecule has 1 aromatic heterocycles. The maximum absolute atomic E-state index is 6.36. The van der Waals surface area contributed by atoms with Gasteiger partial charge in [-0.25, -0.2) is 0 Å². The molecular weight excluding hydrogens is 300 g/mol. The zero-order valence-electron chi connectivity index (χ0n) is 11.4. The van der Waals surface area contributed by atoms with Gasteiger partial charge in [0.1, 0.15) is 0 Å². The number of aromatic nitrogens is 1. The van der Waals surface area contributed by atoms with Crippen LogP contribution in [0.15, 0.2) is 65.8 Å². The smallest absolute Gasteiger partial charge is 0.0541 e. The molecule has 106 valence electrons. The fourth-order valence-electron chi connectivity index (χ4n) is 2.27. The molecule has 1 atom stereocenters. The van der Waals surface area contributed by atoms with Crippen LogP contribution >= 0.6 is 23.4 Å². The summed E-state index contributed by atoms with van der Waals surface area (Å²) in [5.41, 5.74) is 7.43. The van der Waals surface area contributed by atoms with Crippen LogP contribution in [0.2, 0.25) is 5.02 Å². The fraction of sp³-hybridized carbons (Fsp3) is 0.118. The first-order valence-corrected chi connectivity index (χ1v) is 8.07. The maximum Gasteiger partial charge on any atom is 0.0541 e. The molecule has 3 rings (SSSR count). The van der Waals surface area contributed by atoms with E-state index in [2.05, 4.69) is 17.1 Å². The van der Waals surface area contributed by atoms with Crippen LogP contribution in [0, 0.1) is 0 Å².